The third-order valence-electron chi connectivity index (χ3n) is 2.11. The fraction of sp³-hybridized carbons (Fsp3) is 0.333. The molecule has 4 heteroatoms. The highest BCUT2D eigenvalue weighted by Gasteiger charge is 2.03. The zero-order valence-electron chi connectivity index (χ0n) is 8.87. The van der Waals surface area contributed by atoms with Gasteiger partial charge >= 0.3 is 0 Å². The molecule has 0 saturated carbocycles. The minimum atomic E-state index is -0.356. The lowest BCUT2D eigenvalue weighted by atomic mass is 10.2. The summed E-state index contributed by atoms with van der Waals surface area (Å²) in [6.45, 7) is 0.540. The fourth-order valence-corrected chi connectivity index (χ4v) is 1.23. The Bertz CT molecular complexity index is 381. The van der Waals surface area contributed by atoms with Crippen LogP contribution in [-0.4, -0.2) is 12.5 Å². The molecule has 0 radical (unpaired) electrons. The van der Waals surface area contributed by atoms with Crippen molar-refractivity contribution in [2.75, 3.05) is 6.54 Å². The molecule has 1 amide bonds. The largest absolute Gasteiger partial charge is 0.352 e. The Morgan fingerprint density at radius 1 is 1.31 bits per heavy atom. The van der Waals surface area contributed by atoms with Gasteiger partial charge in [0, 0.05) is 18.5 Å². The molecular formula is C12H13FN2O. The number of benzene rings is 1. The topological polar surface area (TPSA) is 52.9 Å². The van der Waals surface area contributed by atoms with E-state index in [0.717, 1.165) is 12.8 Å². The fourth-order valence-electron chi connectivity index (χ4n) is 1.23. The Morgan fingerprint density at radius 3 is 2.62 bits per heavy atom. The molecule has 0 saturated heterocycles. The number of rotatable bonds is 5. The molecule has 3 nitrogen and oxygen atoms in total. The second-order valence-electron chi connectivity index (χ2n) is 3.38. The molecule has 0 aliphatic heterocycles. The van der Waals surface area contributed by atoms with Crippen LogP contribution < -0.4 is 5.32 Å². The van der Waals surface area contributed by atoms with Crippen molar-refractivity contribution in [2.45, 2.75) is 19.3 Å². The molecule has 0 fully saturated rings. The van der Waals surface area contributed by atoms with Crippen molar-refractivity contribution in [3.05, 3.63) is 35.6 Å². The van der Waals surface area contributed by atoms with E-state index in [-0.39, 0.29) is 11.7 Å². The Balaban J connectivity index is 2.30. The number of amides is 1. The van der Waals surface area contributed by atoms with Crippen LogP contribution in [0.4, 0.5) is 4.39 Å². The second kappa shape index (κ2) is 6.57. The second-order valence-corrected chi connectivity index (χ2v) is 3.38. The Hall–Kier alpha value is -1.89. The highest BCUT2D eigenvalue weighted by molar-refractivity contribution is 5.94. The zero-order chi connectivity index (χ0) is 11.8. The first-order chi connectivity index (χ1) is 7.74. The standard InChI is InChI=1S/C12H13FN2O/c13-11-6-4-10(5-7-11)12(16)15-9-3-1-2-8-14/h4-7H,1-3,9H2,(H,15,16). The molecule has 0 unspecified atom stereocenters. The summed E-state index contributed by atoms with van der Waals surface area (Å²) >= 11 is 0. The lowest BCUT2D eigenvalue weighted by molar-refractivity contribution is 0.0953. The van der Waals surface area contributed by atoms with Gasteiger partial charge in [0.25, 0.3) is 5.91 Å². The van der Waals surface area contributed by atoms with Crippen LogP contribution in [0.15, 0.2) is 24.3 Å². The summed E-state index contributed by atoms with van der Waals surface area (Å²) < 4.78 is 12.6. The van der Waals surface area contributed by atoms with Gasteiger partial charge in [-0.1, -0.05) is 0 Å². The zero-order valence-corrected chi connectivity index (χ0v) is 8.87. The normalized spacial score (nSPS) is 9.50. The molecular weight excluding hydrogens is 207 g/mol. The Labute approximate surface area is 93.9 Å². The highest BCUT2D eigenvalue weighted by Crippen LogP contribution is 2.02. The number of nitrogens with one attached hydrogen (secondary N) is 1. The first kappa shape index (κ1) is 12.2. The summed E-state index contributed by atoms with van der Waals surface area (Å²) in [5.41, 5.74) is 0.446. The van der Waals surface area contributed by atoms with E-state index >= 15 is 0 Å². The van der Waals surface area contributed by atoms with E-state index in [9.17, 15) is 9.18 Å². The van der Waals surface area contributed by atoms with Crippen LogP contribution in [0, 0.1) is 17.1 Å². The number of nitrogens with zero attached hydrogens (tertiary/aromatic N) is 1. The minimum Gasteiger partial charge on any atom is -0.352 e. The summed E-state index contributed by atoms with van der Waals surface area (Å²) in [7, 11) is 0. The molecule has 0 atom stereocenters. The number of halogens is 1. The van der Waals surface area contributed by atoms with E-state index in [1.165, 1.54) is 24.3 Å². The Morgan fingerprint density at radius 2 is 2.00 bits per heavy atom. The van der Waals surface area contributed by atoms with Crippen LogP contribution in [0.1, 0.15) is 29.6 Å². The average Bonchev–Trinajstić information content (AvgIpc) is 2.29. The predicted octanol–water partition coefficient (Wildman–Crippen LogP) is 2.25. The van der Waals surface area contributed by atoms with Gasteiger partial charge in [-0.25, -0.2) is 4.39 Å². The third-order valence-corrected chi connectivity index (χ3v) is 2.11. The number of carbonyl (C=O) groups excluding carboxylic acids is 1. The van der Waals surface area contributed by atoms with Gasteiger partial charge in [-0.05, 0) is 37.1 Å². The Kier molecular flexibility index (Phi) is 5.00. The molecule has 0 heterocycles. The van der Waals surface area contributed by atoms with E-state index in [1.54, 1.807) is 0 Å². The SMILES string of the molecule is N#CCCCCNC(=O)c1ccc(F)cc1. The average molecular weight is 220 g/mol. The number of unbranched alkanes of at least 4 members (excludes halogenated alkanes) is 2. The van der Waals surface area contributed by atoms with E-state index in [2.05, 4.69) is 5.32 Å². The molecule has 16 heavy (non-hydrogen) atoms. The van der Waals surface area contributed by atoms with E-state index in [4.69, 9.17) is 5.26 Å². The van der Waals surface area contributed by atoms with Gasteiger partial charge in [-0.3, -0.25) is 4.79 Å². The van der Waals surface area contributed by atoms with Crippen LogP contribution in [-0.2, 0) is 0 Å². The molecule has 1 aromatic rings. The van der Waals surface area contributed by atoms with Crippen LogP contribution in [0.5, 0.6) is 0 Å². The van der Waals surface area contributed by atoms with Crippen molar-refractivity contribution in [1.82, 2.24) is 5.32 Å². The third kappa shape index (κ3) is 4.09. The maximum absolute atomic E-state index is 12.6. The molecule has 0 spiro atoms. The molecule has 0 bridgehead atoms. The number of hydrogen-bond acceptors (Lipinski definition) is 2. The maximum atomic E-state index is 12.6. The number of nitriles is 1. The summed E-state index contributed by atoms with van der Waals surface area (Å²) in [6.07, 6.45) is 2.06. The van der Waals surface area contributed by atoms with E-state index in [1.807, 2.05) is 6.07 Å². The number of hydrogen-bond donors (Lipinski definition) is 1. The van der Waals surface area contributed by atoms with Crippen molar-refractivity contribution >= 4 is 5.91 Å². The smallest absolute Gasteiger partial charge is 0.251 e. The summed E-state index contributed by atoms with van der Waals surface area (Å²) in [5.74, 6) is -0.567. The van der Waals surface area contributed by atoms with Gasteiger partial charge < -0.3 is 5.32 Å². The summed E-state index contributed by atoms with van der Waals surface area (Å²) in [6, 6.07) is 7.44. The monoisotopic (exact) mass is 220 g/mol. The first-order valence-corrected chi connectivity index (χ1v) is 5.15. The maximum Gasteiger partial charge on any atom is 0.251 e. The van der Waals surface area contributed by atoms with E-state index in [0.29, 0.717) is 18.5 Å². The summed E-state index contributed by atoms with van der Waals surface area (Å²) in [5, 5.41) is 11.0. The van der Waals surface area contributed by atoms with E-state index < -0.39 is 0 Å². The first-order valence-electron chi connectivity index (χ1n) is 5.15. The quantitative estimate of drug-likeness (QED) is 0.774. The van der Waals surface area contributed by atoms with Gasteiger partial charge in [0.1, 0.15) is 5.82 Å². The van der Waals surface area contributed by atoms with Crippen molar-refractivity contribution < 1.29 is 9.18 Å². The van der Waals surface area contributed by atoms with Crippen molar-refractivity contribution in [2.24, 2.45) is 0 Å². The minimum absolute atomic E-state index is 0.211. The number of carbonyl (C=O) groups is 1. The molecule has 1 aromatic carbocycles. The van der Waals surface area contributed by atoms with Gasteiger partial charge in [-0.2, -0.15) is 5.26 Å². The van der Waals surface area contributed by atoms with Gasteiger partial charge in [0.2, 0.25) is 0 Å². The highest BCUT2D eigenvalue weighted by atomic mass is 19.1. The van der Waals surface area contributed by atoms with Crippen LogP contribution in [0.25, 0.3) is 0 Å². The predicted molar refractivity (Wildman–Crippen MR) is 58.2 cm³/mol. The van der Waals surface area contributed by atoms with Crippen molar-refractivity contribution in [3.8, 4) is 6.07 Å². The van der Waals surface area contributed by atoms with Crippen LogP contribution >= 0.6 is 0 Å². The molecule has 0 aliphatic rings. The molecule has 1 rings (SSSR count). The molecule has 1 N–H and O–H groups in total. The van der Waals surface area contributed by atoms with Crippen molar-refractivity contribution in [3.63, 3.8) is 0 Å². The lowest BCUT2D eigenvalue weighted by Crippen LogP contribution is -2.24. The van der Waals surface area contributed by atoms with Crippen LogP contribution in [0.2, 0.25) is 0 Å². The molecule has 0 aliphatic carbocycles. The van der Waals surface area contributed by atoms with Crippen LogP contribution in [0.3, 0.4) is 0 Å². The summed E-state index contributed by atoms with van der Waals surface area (Å²) in [4.78, 5) is 11.5. The molecule has 84 valence electrons. The van der Waals surface area contributed by atoms with Gasteiger partial charge in [0.15, 0.2) is 0 Å². The lowest BCUT2D eigenvalue weighted by Gasteiger charge is -2.03. The molecule has 0 aromatic heterocycles. The van der Waals surface area contributed by atoms with Crippen molar-refractivity contribution in [1.29, 1.82) is 5.26 Å². The van der Waals surface area contributed by atoms with Gasteiger partial charge in [-0.15, -0.1) is 0 Å². The van der Waals surface area contributed by atoms with Gasteiger partial charge in [0.05, 0.1) is 6.07 Å².